The van der Waals surface area contributed by atoms with Crippen LogP contribution in [0.4, 0.5) is 0 Å². The van der Waals surface area contributed by atoms with Crippen LogP contribution in [0.15, 0.2) is 24.3 Å². The van der Waals surface area contributed by atoms with Gasteiger partial charge in [0.2, 0.25) is 0 Å². The van der Waals surface area contributed by atoms with Crippen molar-refractivity contribution in [1.82, 2.24) is 0 Å². The summed E-state index contributed by atoms with van der Waals surface area (Å²) in [5.74, 6) is 0.846. The number of rotatable bonds is 7. The van der Waals surface area contributed by atoms with Crippen LogP contribution in [-0.4, -0.2) is 5.78 Å². The number of Topliss-reactive ketones (excluding diaryl/α,β-unsaturated/α-hetero) is 1. The molecule has 0 fully saturated rings. The van der Waals surface area contributed by atoms with Crippen molar-refractivity contribution in [3.63, 3.8) is 0 Å². The lowest BCUT2D eigenvalue weighted by Gasteiger charge is -2.19. The average molecular weight is 274 g/mol. The highest BCUT2D eigenvalue weighted by atomic mass is 16.1. The van der Waals surface area contributed by atoms with Crippen LogP contribution in [-0.2, 0) is 5.41 Å². The maximum Gasteiger partial charge on any atom is 0.163 e. The molecule has 0 aliphatic rings. The molecule has 1 nitrogen and oxygen atoms in total. The number of hydrogen-bond donors (Lipinski definition) is 0. The molecule has 1 aromatic carbocycles. The van der Waals surface area contributed by atoms with Crippen molar-refractivity contribution in [3.05, 3.63) is 35.4 Å². The molecule has 0 aliphatic carbocycles. The lowest BCUT2D eigenvalue weighted by molar-refractivity contribution is 0.0957. The van der Waals surface area contributed by atoms with Gasteiger partial charge in [-0.3, -0.25) is 4.79 Å². The molecule has 1 atom stereocenters. The monoisotopic (exact) mass is 274 g/mol. The van der Waals surface area contributed by atoms with Crippen LogP contribution < -0.4 is 0 Å². The minimum atomic E-state index is 0.147. The standard InChI is InChI=1S/C19H30O/c1-6-8-9-15(7-2)14-18(20)16-10-12-17(13-11-16)19(3,4)5/h10-13,15H,6-9,14H2,1-5H3. The van der Waals surface area contributed by atoms with E-state index in [1.807, 2.05) is 12.1 Å². The van der Waals surface area contributed by atoms with E-state index in [9.17, 15) is 4.79 Å². The Bertz CT molecular complexity index is 408. The molecule has 0 radical (unpaired) electrons. The average Bonchev–Trinajstić information content (AvgIpc) is 2.42. The normalized spacial score (nSPS) is 13.2. The van der Waals surface area contributed by atoms with E-state index in [0.717, 1.165) is 12.0 Å². The Kier molecular flexibility index (Phi) is 6.45. The van der Waals surface area contributed by atoms with Crippen molar-refractivity contribution in [1.29, 1.82) is 0 Å². The molecule has 0 aliphatic heterocycles. The highest BCUT2D eigenvalue weighted by Gasteiger charge is 2.16. The smallest absolute Gasteiger partial charge is 0.163 e. The number of unbranched alkanes of at least 4 members (excludes halogenated alkanes) is 1. The fourth-order valence-electron chi connectivity index (χ4n) is 2.48. The molecule has 0 spiro atoms. The Morgan fingerprint density at radius 3 is 2.15 bits per heavy atom. The van der Waals surface area contributed by atoms with Gasteiger partial charge in [-0.05, 0) is 16.9 Å². The van der Waals surface area contributed by atoms with E-state index >= 15 is 0 Å². The summed E-state index contributed by atoms with van der Waals surface area (Å²) < 4.78 is 0. The Labute approximate surface area is 124 Å². The van der Waals surface area contributed by atoms with Crippen LogP contribution in [0.3, 0.4) is 0 Å². The zero-order valence-electron chi connectivity index (χ0n) is 13.8. The summed E-state index contributed by atoms with van der Waals surface area (Å²) in [6.07, 6.45) is 5.43. The van der Waals surface area contributed by atoms with Gasteiger partial charge in [-0.2, -0.15) is 0 Å². The van der Waals surface area contributed by atoms with Gasteiger partial charge in [0.15, 0.2) is 5.78 Å². The van der Waals surface area contributed by atoms with Crippen LogP contribution in [0, 0.1) is 5.92 Å². The highest BCUT2D eigenvalue weighted by molar-refractivity contribution is 5.96. The number of carbonyl (C=O) groups excluding carboxylic acids is 1. The largest absolute Gasteiger partial charge is 0.294 e. The molecule has 20 heavy (non-hydrogen) atoms. The highest BCUT2D eigenvalue weighted by Crippen LogP contribution is 2.24. The number of carbonyl (C=O) groups is 1. The Hall–Kier alpha value is -1.11. The van der Waals surface area contributed by atoms with E-state index in [1.165, 1.54) is 24.8 Å². The van der Waals surface area contributed by atoms with Gasteiger partial charge >= 0.3 is 0 Å². The molecule has 0 N–H and O–H groups in total. The molecule has 0 bridgehead atoms. The first-order valence-corrected chi connectivity index (χ1v) is 8.02. The third-order valence-corrected chi connectivity index (χ3v) is 4.09. The van der Waals surface area contributed by atoms with Crippen molar-refractivity contribution >= 4 is 5.78 Å². The molecule has 0 amide bonds. The van der Waals surface area contributed by atoms with Crippen molar-refractivity contribution in [2.24, 2.45) is 5.92 Å². The fraction of sp³-hybridized carbons (Fsp3) is 0.632. The zero-order chi connectivity index (χ0) is 15.2. The number of hydrogen-bond acceptors (Lipinski definition) is 1. The SMILES string of the molecule is CCCCC(CC)CC(=O)c1ccc(C(C)(C)C)cc1. The van der Waals surface area contributed by atoms with Gasteiger partial charge in [0.1, 0.15) is 0 Å². The molecule has 0 saturated heterocycles. The minimum Gasteiger partial charge on any atom is -0.294 e. The second kappa shape index (κ2) is 7.61. The second-order valence-electron chi connectivity index (χ2n) is 6.87. The van der Waals surface area contributed by atoms with E-state index in [-0.39, 0.29) is 5.41 Å². The summed E-state index contributed by atoms with van der Waals surface area (Å²) in [6, 6.07) is 8.19. The predicted octanol–water partition coefficient (Wildman–Crippen LogP) is 5.77. The summed E-state index contributed by atoms with van der Waals surface area (Å²) in [5.41, 5.74) is 2.30. The van der Waals surface area contributed by atoms with E-state index < -0.39 is 0 Å². The third kappa shape index (κ3) is 5.11. The maximum absolute atomic E-state index is 12.3. The number of ketones is 1. The summed E-state index contributed by atoms with van der Waals surface area (Å²) in [6.45, 7) is 11.0. The zero-order valence-corrected chi connectivity index (χ0v) is 13.8. The molecule has 1 unspecified atom stereocenters. The molecule has 1 heteroatoms. The number of benzene rings is 1. The molecule has 112 valence electrons. The first-order valence-electron chi connectivity index (χ1n) is 8.02. The topological polar surface area (TPSA) is 17.1 Å². The van der Waals surface area contributed by atoms with Crippen LogP contribution in [0.5, 0.6) is 0 Å². The van der Waals surface area contributed by atoms with Crippen LogP contribution in [0.1, 0.15) is 82.6 Å². The second-order valence-corrected chi connectivity index (χ2v) is 6.87. The first-order chi connectivity index (χ1) is 9.38. The molecular weight excluding hydrogens is 244 g/mol. The maximum atomic E-state index is 12.3. The van der Waals surface area contributed by atoms with Gasteiger partial charge in [-0.25, -0.2) is 0 Å². The molecule has 0 aromatic heterocycles. The van der Waals surface area contributed by atoms with Gasteiger partial charge in [-0.15, -0.1) is 0 Å². The predicted molar refractivity (Wildman–Crippen MR) is 87.4 cm³/mol. The molecule has 0 saturated carbocycles. The van der Waals surface area contributed by atoms with Gasteiger partial charge in [0.05, 0.1) is 0 Å². The lowest BCUT2D eigenvalue weighted by atomic mass is 9.85. The van der Waals surface area contributed by atoms with E-state index in [1.54, 1.807) is 0 Å². The summed E-state index contributed by atoms with van der Waals surface area (Å²) in [5, 5.41) is 0. The third-order valence-electron chi connectivity index (χ3n) is 4.09. The van der Waals surface area contributed by atoms with Crippen LogP contribution in [0.2, 0.25) is 0 Å². The molecular formula is C19H30O. The Morgan fingerprint density at radius 2 is 1.70 bits per heavy atom. The van der Waals surface area contributed by atoms with Gasteiger partial charge in [0, 0.05) is 12.0 Å². The summed E-state index contributed by atoms with van der Waals surface area (Å²) >= 11 is 0. The van der Waals surface area contributed by atoms with Crippen LogP contribution >= 0.6 is 0 Å². The quantitative estimate of drug-likeness (QED) is 0.576. The van der Waals surface area contributed by atoms with Gasteiger partial charge < -0.3 is 0 Å². The molecule has 1 aromatic rings. The van der Waals surface area contributed by atoms with Crippen molar-refractivity contribution in [2.45, 2.75) is 72.1 Å². The lowest BCUT2D eigenvalue weighted by Crippen LogP contribution is -2.12. The van der Waals surface area contributed by atoms with Crippen molar-refractivity contribution in [3.8, 4) is 0 Å². The Balaban J connectivity index is 2.67. The molecule has 1 rings (SSSR count). The van der Waals surface area contributed by atoms with Crippen LogP contribution in [0.25, 0.3) is 0 Å². The van der Waals surface area contributed by atoms with Gasteiger partial charge in [0.25, 0.3) is 0 Å². The first kappa shape index (κ1) is 16.9. The van der Waals surface area contributed by atoms with Crippen molar-refractivity contribution in [2.75, 3.05) is 0 Å². The van der Waals surface area contributed by atoms with E-state index in [0.29, 0.717) is 18.1 Å². The molecule has 0 heterocycles. The summed E-state index contributed by atoms with van der Waals surface area (Å²) in [7, 11) is 0. The summed E-state index contributed by atoms with van der Waals surface area (Å²) in [4.78, 5) is 12.3. The minimum absolute atomic E-state index is 0.147. The fourth-order valence-corrected chi connectivity index (χ4v) is 2.48. The van der Waals surface area contributed by atoms with Crippen molar-refractivity contribution < 1.29 is 4.79 Å². The van der Waals surface area contributed by atoms with E-state index in [4.69, 9.17) is 0 Å². The van der Waals surface area contributed by atoms with Gasteiger partial charge in [-0.1, -0.05) is 84.6 Å². The Morgan fingerprint density at radius 1 is 1.10 bits per heavy atom. The van der Waals surface area contributed by atoms with E-state index in [2.05, 4.69) is 46.8 Å².